The Labute approximate surface area is 259 Å². The van der Waals surface area contributed by atoms with Crippen molar-refractivity contribution < 1.29 is 33.4 Å². The summed E-state index contributed by atoms with van der Waals surface area (Å²) in [5.41, 5.74) is 0.366. The number of hydrogen-bond donors (Lipinski definition) is 3. The zero-order valence-corrected chi connectivity index (χ0v) is 26.5. The Morgan fingerprint density at radius 2 is 1.45 bits per heavy atom. The van der Waals surface area contributed by atoms with Crippen molar-refractivity contribution >= 4 is 29.8 Å². The number of nitrogens with zero attached hydrogens (tertiary/aromatic N) is 1. The van der Waals surface area contributed by atoms with Crippen LogP contribution in [-0.2, 0) is 22.6 Å². The molecule has 0 spiro atoms. The number of amides is 5. The van der Waals surface area contributed by atoms with E-state index in [1.807, 2.05) is 0 Å². The summed E-state index contributed by atoms with van der Waals surface area (Å²) in [5.74, 6) is -0.242. The van der Waals surface area contributed by atoms with Crippen LogP contribution in [0.4, 0.5) is 20.1 Å². The lowest BCUT2D eigenvalue weighted by atomic mass is 10.1. The lowest BCUT2D eigenvalue weighted by molar-refractivity contribution is 0.0513. The number of ether oxygens (including phenoxy) is 3. The van der Waals surface area contributed by atoms with Gasteiger partial charge in [0, 0.05) is 25.3 Å². The van der Waals surface area contributed by atoms with Gasteiger partial charge in [0.1, 0.15) is 17.0 Å². The average molecular weight is 609 g/mol. The number of urea groups is 1. The molecule has 2 aromatic carbocycles. The molecule has 238 valence electrons. The molecule has 2 rings (SSSR count). The van der Waals surface area contributed by atoms with Gasteiger partial charge in [0.2, 0.25) is 0 Å². The van der Waals surface area contributed by atoms with E-state index in [4.69, 9.17) is 14.2 Å². The number of carbonyl (C=O) groups is 4. The van der Waals surface area contributed by atoms with Crippen LogP contribution in [0, 0.1) is 0 Å². The molecule has 0 saturated carbocycles. The highest BCUT2D eigenvalue weighted by molar-refractivity contribution is 6.09. The molecule has 0 aliphatic carbocycles. The smallest absolute Gasteiger partial charge is 0.407 e. The van der Waals surface area contributed by atoms with Gasteiger partial charge < -0.3 is 30.2 Å². The second-order valence-corrected chi connectivity index (χ2v) is 11.8. The molecule has 0 saturated heterocycles. The number of alkyl carbamates (subject to hydrolysis) is 2. The Bertz CT molecular complexity index is 1340. The molecule has 0 unspecified atom stereocenters. The minimum atomic E-state index is -0.714. The van der Waals surface area contributed by atoms with Gasteiger partial charge in [-0.05, 0) is 77.3 Å². The zero-order valence-electron chi connectivity index (χ0n) is 26.5. The highest BCUT2D eigenvalue weighted by Gasteiger charge is 2.26. The van der Waals surface area contributed by atoms with Crippen molar-refractivity contribution in [2.75, 3.05) is 18.5 Å². The van der Waals surface area contributed by atoms with Gasteiger partial charge in [-0.2, -0.15) is 0 Å². The number of para-hydroxylation sites is 1. The number of anilines is 1. The first-order chi connectivity index (χ1) is 20.6. The van der Waals surface area contributed by atoms with Crippen LogP contribution in [0.5, 0.6) is 5.75 Å². The Hall–Kier alpha value is -4.80. The first-order valence-corrected chi connectivity index (χ1v) is 14.3. The number of hydrogen-bond acceptors (Lipinski definition) is 7. The van der Waals surface area contributed by atoms with E-state index in [0.717, 1.165) is 4.90 Å². The molecule has 0 atom stereocenters. The Morgan fingerprint density at radius 3 is 2.05 bits per heavy atom. The molecular formula is C33H44N4O7. The third-order valence-electron chi connectivity index (χ3n) is 5.57. The van der Waals surface area contributed by atoms with E-state index in [1.165, 1.54) is 6.08 Å². The van der Waals surface area contributed by atoms with E-state index >= 15 is 0 Å². The molecule has 0 heterocycles. The fraction of sp³-hybridized carbons (Fsp3) is 0.394. The summed E-state index contributed by atoms with van der Waals surface area (Å²) in [5, 5.41) is 8.14. The molecule has 0 fully saturated rings. The number of nitrogens with one attached hydrogen (secondary N) is 3. The molecule has 0 aliphatic rings. The van der Waals surface area contributed by atoms with Crippen LogP contribution in [0.3, 0.4) is 0 Å². The monoisotopic (exact) mass is 608 g/mol. The minimum absolute atomic E-state index is 0.0137. The fourth-order valence-electron chi connectivity index (χ4n) is 3.73. The van der Waals surface area contributed by atoms with Crippen molar-refractivity contribution in [1.82, 2.24) is 15.5 Å². The first kappa shape index (κ1) is 35.4. The van der Waals surface area contributed by atoms with Crippen LogP contribution in [0.15, 0.2) is 67.8 Å². The van der Waals surface area contributed by atoms with Gasteiger partial charge in [-0.15, -0.1) is 13.2 Å². The van der Waals surface area contributed by atoms with Crippen LogP contribution in [-0.4, -0.2) is 53.4 Å². The molecule has 0 bridgehead atoms. The predicted octanol–water partition coefficient (Wildman–Crippen LogP) is 6.55. The van der Waals surface area contributed by atoms with Gasteiger partial charge >= 0.3 is 18.2 Å². The lowest BCUT2D eigenvalue weighted by Crippen LogP contribution is -2.40. The number of benzene rings is 2. The van der Waals surface area contributed by atoms with Crippen LogP contribution in [0.2, 0.25) is 0 Å². The fourth-order valence-corrected chi connectivity index (χ4v) is 3.73. The summed E-state index contributed by atoms with van der Waals surface area (Å²) in [4.78, 5) is 52.6. The maximum absolute atomic E-state index is 13.5. The van der Waals surface area contributed by atoms with E-state index in [-0.39, 0.29) is 25.2 Å². The largest absolute Gasteiger partial charge is 0.492 e. The SMILES string of the molecule is C=CCCOc1ccccc1C(=O)N(CC=C)C(=O)Nc1ccc(CNC(=O)OC(C)(C)C)cc1CNC(=O)OC(C)(C)C. The minimum Gasteiger partial charge on any atom is -0.492 e. The maximum atomic E-state index is 13.5. The third kappa shape index (κ3) is 12.2. The van der Waals surface area contributed by atoms with Gasteiger partial charge in [-0.1, -0.05) is 36.4 Å². The maximum Gasteiger partial charge on any atom is 0.407 e. The zero-order chi connectivity index (χ0) is 32.9. The standard InChI is InChI=1S/C33H44N4O7/c1-9-11-19-42-27-15-13-12-14-25(27)28(38)37(18-10-2)29(39)36-26-17-16-23(21-34-30(40)43-32(3,4)5)20-24(26)22-35-31(41)44-33(6,7)8/h9-10,12-17,20H,1-2,11,18-19,21-22H2,3-8H3,(H,34,40)(H,35,41)(H,36,39). The van der Waals surface area contributed by atoms with Gasteiger partial charge in [0.15, 0.2) is 0 Å². The summed E-state index contributed by atoms with van der Waals surface area (Å²) < 4.78 is 16.4. The number of carbonyl (C=O) groups excluding carboxylic acids is 4. The summed E-state index contributed by atoms with van der Waals surface area (Å²) in [6.45, 7) is 18.3. The van der Waals surface area contributed by atoms with Crippen molar-refractivity contribution in [3.05, 3.63) is 84.5 Å². The summed E-state index contributed by atoms with van der Waals surface area (Å²) in [7, 11) is 0. The molecule has 5 amide bonds. The van der Waals surface area contributed by atoms with Gasteiger partial charge in [-0.25, -0.2) is 14.4 Å². The van der Waals surface area contributed by atoms with Gasteiger partial charge in [0.25, 0.3) is 5.91 Å². The molecule has 11 nitrogen and oxygen atoms in total. The summed E-state index contributed by atoms with van der Waals surface area (Å²) >= 11 is 0. The number of imide groups is 1. The predicted molar refractivity (Wildman–Crippen MR) is 170 cm³/mol. The Kier molecular flexibility index (Phi) is 13.0. The lowest BCUT2D eigenvalue weighted by Gasteiger charge is -2.23. The summed E-state index contributed by atoms with van der Waals surface area (Å²) in [6, 6.07) is 11.0. The second kappa shape index (κ2) is 16.2. The third-order valence-corrected chi connectivity index (χ3v) is 5.57. The molecule has 2 aromatic rings. The Balaban J connectivity index is 2.32. The van der Waals surface area contributed by atoms with E-state index in [1.54, 1.807) is 90.1 Å². The Morgan fingerprint density at radius 1 is 0.841 bits per heavy atom. The molecule has 11 heteroatoms. The van der Waals surface area contributed by atoms with Crippen molar-refractivity contribution in [2.24, 2.45) is 0 Å². The molecular weight excluding hydrogens is 564 g/mol. The van der Waals surface area contributed by atoms with E-state index in [9.17, 15) is 19.2 Å². The van der Waals surface area contributed by atoms with Crippen LogP contribution >= 0.6 is 0 Å². The quantitative estimate of drug-likeness (QED) is 0.184. The average Bonchev–Trinajstić information content (AvgIpc) is 2.92. The molecule has 0 aromatic heterocycles. The van der Waals surface area contributed by atoms with Gasteiger partial charge in [-0.3, -0.25) is 9.69 Å². The van der Waals surface area contributed by atoms with Crippen molar-refractivity contribution in [2.45, 2.75) is 72.3 Å². The van der Waals surface area contributed by atoms with E-state index in [0.29, 0.717) is 35.6 Å². The number of rotatable bonds is 12. The van der Waals surface area contributed by atoms with E-state index < -0.39 is 35.3 Å². The van der Waals surface area contributed by atoms with Crippen molar-refractivity contribution in [1.29, 1.82) is 0 Å². The second-order valence-electron chi connectivity index (χ2n) is 11.8. The molecule has 0 aliphatic heterocycles. The topological polar surface area (TPSA) is 135 Å². The highest BCUT2D eigenvalue weighted by Crippen LogP contribution is 2.23. The van der Waals surface area contributed by atoms with Crippen molar-refractivity contribution in [3.8, 4) is 5.75 Å². The molecule has 44 heavy (non-hydrogen) atoms. The van der Waals surface area contributed by atoms with Crippen LogP contribution in [0.25, 0.3) is 0 Å². The first-order valence-electron chi connectivity index (χ1n) is 14.3. The normalized spacial score (nSPS) is 11.0. The van der Waals surface area contributed by atoms with Crippen molar-refractivity contribution in [3.63, 3.8) is 0 Å². The molecule has 3 N–H and O–H groups in total. The van der Waals surface area contributed by atoms with E-state index in [2.05, 4.69) is 29.1 Å². The summed E-state index contributed by atoms with van der Waals surface area (Å²) in [6.07, 6.45) is 2.49. The highest BCUT2D eigenvalue weighted by atomic mass is 16.6. The van der Waals surface area contributed by atoms with Crippen LogP contribution < -0.4 is 20.7 Å². The van der Waals surface area contributed by atoms with Gasteiger partial charge in [0.05, 0.1) is 12.2 Å². The molecule has 0 radical (unpaired) electrons. The van der Waals surface area contributed by atoms with Crippen LogP contribution in [0.1, 0.15) is 69.4 Å².